The molecule has 1 saturated heterocycles. The van der Waals surface area contributed by atoms with Gasteiger partial charge in [0.1, 0.15) is 23.7 Å². The van der Waals surface area contributed by atoms with Gasteiger partial charge in [0.05, 0.1) is 11.6 Å². The van der Waals surface area contributed by atoms with Crippen molar-refractivity contribution < 1.29 is 23.8 Å². The lowest BCUT2D eigenvalue weighted by molar-refractivity contribution is 0.00732. The van der Waals surface area contributed by atoms with E-state index in [1.165, 1.54) is 0 Å². The van der Waals surface area contributed by atoms with Gasteiger partial charge in [-0.25, -0.2) is 4.79 Å². The molecule has 1 aliphatic rings. The van der Waals surface area contributed by atoms with Crippen LogP contribution in [0.4, 0.5) is 4.79 Å². The Kier molecular flexibility index (Phi) is 11.7. The van der Waals surface area contributed by atoms with E-state index in [-0.39, 0.29) is 24.1 Å². The van der Waals surface area contributed by atoms with Crippen molar-refractivity contribution in [2.75, 3.05) is 26.8 Å². The Morgan fingerprint density at radius 3 is 2.49 bits per heavy atom. The van der Waals surface area contributed by atoms with Crippen LogP contribution in [0.3, 0.4) is 0 Å². The molecule has 3 aromatic rings. The quantitative estimate of drug-likeness (QED) is 0.193. The summed E-state index contributed by atoms with van der Waals surface area (Å²) in [4.78, 5) is 31.7. The van der Waals surface area contributed by atoms with Crippen molar-refractivity contribution in [3.63, 3.8) is 0 Å². The predicted octanol–water partition coefficient (Wildman–Crippen LogP) is 7.93. The number of methoxy groups -OCH3 is 1. The Morgan fingerprint density at radius 1 is 1.07 bits per heavy atom. The fraction of sp³-hybridized carbons (Fsp3) is 0.514. The Hall–Kier alpha value is -3.78. The van der Waals surface area contributed by atoms with Crippen LogP contribution >= 0.6 is 0 Å². The number of unbranched alkanes of at least 4 members (excludes halogenated alkanes) is 1. The van der Waals surface area contributed by atoms with E-state index in [1.54, 1.807) is 12.0 Å². The molecular weight excluding hydrogens is 566 g/mol. The van der Waals surface area contributed by atoms with Gasteiger partial charge >= 0.3 is 6.09 Å². The number of allylic oxidation sites excluding steroid dienone is 1. The third-order valence-electron chi connectivity index (χ3n) is 8.07. The number of likely N-dealkylation sites (tertiary alicyclic amines) is 1. The lowest BCUT2D eigenvalue weighted by atomic mass is 10.0. The number of hydrogen-bond donors (Lipinski definition) is 0. The summed E-state index contributed by atoms with van der Waals surface area (Å²) < 4.78 is 19.7. The Morgan fingerprint density at radius 2 is 1.82 bits per heavy atom. The van der Waals surface area contributed by atoms with Gasteiger partial charge in [0.2, 0.25) is 0 Å². The van der Waals surface area contributed by atoms with Gasteiger partial charge in [-0.15, -0.1) is 0 Å². The smallest absolute Gasteiger partial charge is 0.410 e. The van der Waals surface area contributed by atoms with Crippen LogP contribution in [-0.4, -0.2) is 70.9 Å². The maximum Gasteiger partial charge on any atom is 0.410 e. The van der Waals surface area contributed by atoms with Gasteiger partial charge < -0.3 is 28.6 Å². The number of rotatable bonds is 12. The van der Waals surface area contributed by atoms with E-state index in [2.05, 4.69) is 36.6 Å². The minimum absolute atomic E-state index is 0.0360. The Bertz CT molecular complexity index is 1450. The van der Waals surface area contributed by atoms with Gasteiger partial charge in [-0.2, -0.15) is 0 Å². The number of aryl methyl sites for hydroxylation is 1. The van der Waals surface area contributed by atoms with Crippen LogP contribution in [-0.2, 0) is 22.6 Å². The summed E-state index contributed by atoms with van der Waals surface area (Å²) in [5.74, 6) is 0.712. The second kappa shape index (κ2) is 15.5. The highest BCUT2D eigenvalue weighted by Gasteiger charge is 2.36. The molecule has 45 heavy (non-hydrogen) atoms. The van der Waals surface area contributed by atoms with Crippen molar-refractivity contribution in [2.24, 2.45) is 0 Å². The summed E-state index contributed by atoms with van der Waals surface area (Å²) in [5, 5.41) is 0.983. The number of carbonyl (C=O) groups is 2. The first-order valence-electron chi connectivity index (χ1n) is 16.3. The van der Waals surface area contributed by atoms with Crippen LogP contribution < -0.4 is 4.74 Å². The molecule has 1 atom stereocenters. The number of ether oxygens (including phenoxy) is 3. The number of aromatic nitrogens is 1. The summed E-state index contributed by atoms with van der Waals surface area (Å²) in [6.07, 6.45) is 7.04. The number of nitrogens with zero attached hydrogens (tertiary/aromatic N) is 3. The number of fused-ring (bicyclic) bond motifs is 1. The summed E-state index contributed by atoms with van der Waals surface area (Å²) in [7, 11) is 1.71. The number of carbonyl (C=O) groups excluding carboxylic acids is 2. The monoisotopic (exact) mass is 617 g/mol. The minimum Gasteiger partial charge on any atom is -0.487 e. The molecule has 0 spiro atoms. The first-order valence-corrected chi connectivity index (χ1v) is 16.3. The van der Waals surface area contributed by atoms with E-state index in [9.17, 15) is 9.59 Å². The number of amides is 2. The van der Waals surface area contributed by atoms with Gasteiger partial charge in [0, 0.05) is 50.3 Å². The van der Waals surface area contributed by atoms with Gasteiger partial charge in [-0.3, -0.25) is 4.79 Å². The van der Waals surface area contributed by atoms with Crippen LogP contribution in [0.25, 0.3) is 17.0 Å². The molecule has 2 heterocycles. The zero-order chi connectivity index (χ0) is 32.6. The second-order valence-electron chi connectivity index (χ2n) is 13.1. The van der Waals surface area contributed by atoms with Crippen LogP contribution in [0.2, 0.25) is 0 Å². The van der Waals surface area contributed by atoms with Crippen LogP contribution in [0.15, 0.2) is 54.6 Å². The van der Waals surface area contributed by atoms with E-state index in [1.807, 2.05) is 75.1 Å². The molecular formula is C37H51N3O5. The van der Waals surface area contributed by atoms with Gasteiger partial charge in [-0.1, -0.05) is 54.6 Å². The van der Waals surface area contributed by atoms with Crippen LogP contribution in [0.1, 0.15) is 88.8 Å². The number of hydrogen-bond acceptors (Lipinski definition) is 5. The van der Waals surface area contributed by atoms with E-state index in [0.29, 0.717) is 38.5 Å². The van der Waals surface area contributed by atoms with Gasteiger partial charge in [-0.05, 0) is 78.9 Å². The first-order chi connectivity index (χ1) is 21.6. The number of piperidine rings is 1. The minimum atomic E-state index is -0.580. The third-order valence-corrected chi connectivity index (χ3v) is 8.07. The van der Waals surface area contributed by atoms with Crippen molar-refractivity contribution >= 4 is 29.0 Å². The molecule has 8 heteroatoms. The third kappa shape index (κ3) is 8.48. The predicted molar refractivity (Wildman–Crippen MR) is 181 cm³/mol. The normalized spacial score (nSPS) is 15.6. The van der Waals surface area contributed by atoms with Crippen molar-refractivity contribution in [1.82, 2.24) is 14.4 Å². The molecule has 0 N–H and O–H groups in total. The van der Waals surface area contributed by atoms with Crippen LogP contribution in [0, 0.1) is 0 Å². The molecule has 0 aliphatic carbocycles. The molecule has 2 amide bonds. The number of benzene rings is 2. The molecule has 1 fully saturated rings. The fourth-order valence-corrected chi connectivity index (χ4v) is 6.18. The molecule has 0 bridgehead atoms. The standard InChI is InChI=1S/C37H51N3O5/c1-8-16-30-31-20-14-21-32(44-26-28-17-10-9-11-18-28)33(31)39(23-12-13-24-43-7)34(30)35(41)40(27(2)3)29-19-15-22-38(25-29)36(42)45-37(4,5)6/h8-11,14,16-18,20-21,27,29H,12-13,15,19,22-26H2,1-7H3/b16-8+/t29-/m1/s1. The van der Waals surface area contributed by atoms with Gasteiger partial charge in [0.15, 0.2) is 0 Å². The maximum absolute atomic E-state index is 14.9. The van der Waals surface area contributed by atoms with Crippen molar-refractivity contribution in [3.8, 4) is 5.75 Å². The van der Waals surface area contributed by atoms with Gasteiger partial charge in [0.25, 0.3) is 5.91 Å². The van der Waals surface area contributed by atoms with E-state index >= 15 is 0 Å². The lowest BCUT2D eigenvalue weighted by Gasteiger charge is -2.41. The van der Waals surface area contributed by atoms with E-state index in [0.717, 1.165) is 53.5 Å². The topological polar surface area (TPSA) is 73.2 Å². The van der Waals surface area contributed by atoms with Crippen LogP contribution in [0.5, 0.6) is 5.75 Å². The average Bonchev–Trinajstić information content (AvgIpc) is 3.31. The molecule has 244 valence electrons. The molecule has 0 radical (unpaired) electrons. The molecule has 0 unspecified atom stereocenters. The highest BCUT2D eigenvalue weighted by molar-refractivity contribution is 6.07. The molecule has 2 aromatic carbocycles. The van der Waals surface area contributed by atoms with E-state index < -0.39 is 5.60 Å². The maximum atomic E-state index is 14.9. The molecule has 4 rings (SSSR count). The Labute approximate surface area is 268 Å². The zero-order valence-electron chi connectivity index (χ0n) is 28.2. The SMILES string of the molecule is C/C=C/c1c(C(=O)N(C(C)C)[C@@H]2CCCN(C(=O)OC(C)(C)C)C2)n(CCCCOC)c2c(OCc3ccccc3)cccc12. The average molecular weight is 618 g/mol. The highest BCUT2D eigenvalue weighted by atomic mass is 16.6. The zero-order valence-corrected chi connectivity index (χ0v) is 28.2. The molecule has 1 aromatic heterocycles. The summed E-state index contributed by atoms with van der Waals surface area (Å²) in [6.45, 7) is 14.5. The Balaban J connectivity index is 1.78. The molecule has 1 aliphatic heterocycles. The first kappa shape index (κ1) is 34.1. The number of para-hydroxylation sites is 1. The summed E-state index contributed by atoms with van der Waals surface area (Å²) in [5.41, 5.74) is 2.96. The van der Waals surface area contributed by atoms with Crippen molar-refractivity contribution in [2.45, 2.75) is 98.1 Å². The molecule has 0 saturated carbocycles. The fourth-order valence-electron chi connectivity index (χ4n) is 6.18. The summed E-state index contributed by atoms with van der Waals surface area (Å²) in [6, 6.07) is 16.0. The highest BCUT2D eigenvalue weighted by Crippen LogP contribution is 2.36. The molecule has 8 nitrogen and oxygen atoms in total. The largest absolute Gasteiger partial charge is 0.487 e. The van der Waals surface area contributed by atoms with E-state index in [4.69, 9.17) is 14.2 Å². The lowest BCUT2D eigenvalue weighted by Crippen LogP contribution is -2.54. The summed E-state index contributed by atoms with van der Waals surface area (Å²) >= 11 is 0. The second-order valence-corrected chi connectivity index (χ2v) is 13.1. The van der Waals surface area contributed by atoms with Crippen molar-refractivity contribution in [1.29, 1.82) is 0 Å². The van der Waals surface area contributed by atoms with Crippen molar-refractivity contribution in [3.05, 3.63) is 71.4 Å².